The van der Waals surface area contributed by atoms with Gasteiger partial charge in [-0.15, -0.1) is 0 Å². The predicted molar refractivity (Wildman–Crippen MR) is 100 cm³/mol. The Hall–Kier alpha value is -1.78. The van der Waals surface area contributed by atoms with E-state index in [1.807, 2.05) is 37.2 Å². The Morgan fingerprint density at radius 3 is 2.65 bits per heavy atom. The van der Waals surface area contributed by atoms with Crippen LogP contribution in [0.3, 0.4) is 0 Å². The standard InChI is InChI=1S/C18H33N5/c1-6-19-18(20-13-8-7-10-15(2)3)21-14-16-11-9-12-17(22-16)23(4)5/h9,11-12,15H,6-8,10,13-14H2,1-5H3,(H2,19,20,21). The minimum absolute atomic E-state index is 0.586. The lowest BCUT2D eigenvalue weighted by Gasteiger charge is -2.13. The zero-order valence-electron chi connectivity index (χ0n) is 15.4. The largest absolute Gasteiger partial charge is 0.363 e. The summed E-state index contributed by atoms with van der Waals surface area (Å²) < 4.78 is 0. The Bertz CT molecular complexity index is 468. The monoisotopic (exact) mass is 319 g/mol. The third kappa shape index (κ3) is 8.43. The second-order valence-corrected chi connectivity index (χ2v) is 6.39. The molecule has 130 valence electrons. The summed E-state index contributed by atoms with van der Waals surface area (Å²) in [4.78, 5) is 11.2. The molecule has 23 heavy (non-hydrogen) atoms. The number of unbranched alkanes of at least 4 members (excludes halogenated alkanes) is 1. The van der Waals surface area contributed by atoms with Crippen LogP contribution in [-0.2, 0) is 6.54 Å². The molecule has 0 bridgehead atoms. The van der Waals surface area contributed by atoms with Crippen molar-refractivity contribution in [3.8, 4) is 0 Å². The minimum Gasteiger partial charge on any atom is -0.363 e. The molecule has 0 atom stereocenters. The van der Waals surface area contributed by atoms with E-state index in [9.17, 15) is 0 Å². The van der Waals surface area contributed by atoms with Gasteiger partial charge in [-0.2, -0.15) is 0 Å². The lowest BCUT2D eigenvalue weighted by atomic mass is 10.1. The number of aromatic nitrogens is 1. The van der Waals surface area contributed by atoms with Crippen molar-refractivity contribution in [3.63, 3.8) is 0 Å². The van der Waals surface area contributed by atoms with E-state index in [4.69, 9.17) is 0 Å². The van der Waals surface area contributed by atoms with Gasteiger partial charge in [0.25, 0.3) is 0 Å². The Labute approximate surface area is 141 Å². The number of guanidine groups is 1. The van der Waals surface area contributed by atoms with Gasteiger partial charge >= 0.3 is 0 Å². The fraction of sp³-hybridized carbons (Fsp3) is 0.667. The first-order valence-corrected chi connectivity index (χ1v) is 8.68. The van der Waals surface area contributed by atoms with Crippen molar-refractivity contribution in [3.05, 3.63) is 23.9 Å². The average molecular weight is 319 g/mol. The Morgan fingerprint density at radius 2 is 2.00 bits per heavy atom. The van der Waals surface area contributed by atoms with Crippen molar-refractivity contribution in [2.45, 2.75) is 46.6 Å². The van der Waals surface area contributed by atoms with Gasteiger partial charge in [0.1, 0.15) is 5.82 Å². The van der Waals surface area contributed by atoms with E-state index in [-0.39, 0.29) is 0 Å². The van der Waals surface area contributed by atoms with Crippen molar-refractivity contribution in [2.24, 2.45) is 10.9 Å². The van der Waals surface area contributed by atoms with E-state index >= 15 is 0 Å². The van der Waals surface area contributed by atoms with Crippen LogP contribution in [0.1, 0.15) is 45.7 Å². The molecule has 0 saturated heterocycles. The van der Waals surface area contributed by atoms with E-state index in [0.717, 1.165) is 36.5 Å². The Balaban J connectivity index is 2.49. The van der Waals surface area contributed by atoms with Gasteiger partial charge in [0.05, 0.1) is 12.2 Å². The van der Waals surface area contributed by atoms with Crippen molar-refractivity contribution >= 4 is 11.8 Å². The molecule has 0 aliphatic rings. The molecule has 0 aliphatic carbocycles. The first kappa shape index (κ1) is 19.3. The van der Waals surface area contributed by atoms with E-state index in [1.54, 1.807) is 0 Å². The molecule has 1 aromatic heterocycles. The van der Waals surface area contributed by atoms with Gasteiger partial charge in [0.2, 0.25) is 0 Å². The first-order valence-electron chi connectivity index (χ1n) is 8.68. The molecular weight excluding hydrogens is 286 g/mol. The Morgan fingerprint density at radius 1 is 1.22 bits per heavy atom. The van der Waals surface area contributed by atoms with Gasteiger partial charge in [0.15, 0.2) is 5.96 Å². The fourth-order valence-electron chi connectivity index (χ4n) is 2.19. The maximum atomic E-state index is 4.63. The van der Waals surface area contributed by atoms with Crippen LogP contribution < -0.4 is 15.5 Å². The summed E-state index contributed by atoms with van der Waals surface area (Å²) in [5, 5.41) is 6.69. The molecule has 0 unspecified atom stereocenters. The second-order valence-electron chi connectivity index (χ2n) is 6.39. The molecule has 0 fully saturated rings. The second kappa shape index (κ2) is 10.9. The van der Waals surface area contributed by atoms with E-state index in [2.05, 4.69) is 41.4 Å². The summed E-state index contributed by atoms with van der Waals surface area (Å²) in [6.07, 6.45) is 3.73. The molecule has 0 aliphatic heterocycles. The van der Waals surface area contributed by atoms with E-state index in [0.29, 0.717) is 6.54 Å². The summed E-state index contributed by atoms with van der Waals surface area (Å²) in [5.74, 6) is 2.62. The van der Waals surface area contributed by atoms with Crippen molar-refractivity contribution in [1.29, 1.82) is 0 Å². The fourth-order valence-corrected chi connectivity index (χ4v) is 2.19. The lowest BCUT2D eigenvalue weighted by Crippen LogP contribution is -2.37. The summed E-state index contributed by atoms with van der Waals surface area (Å²) in [6.45, 7) is 9.04. The zero-order valence-corrected chi connectivity index (χ0v) is 15.4. The number of nitrogens with zero attached hydrogens (tertiary/aromatic N) is 3. The predicted octanol–water partition coefficient (Wildman–Crippen LogP) is 3.03. The van der Waals surface area contributed by atoms with Crippen LogP contribution in [0.4, 0.5) is 5.82 Å². The molecule has 1 heterocycles. The van der Waals surface area contributed by atoms with Crippen LogP contribution in [0.5, 0.6) is 0 Å². The third-order valence-electron chi connectivity index (χ3n) is 3.49. The highest BCUT2D eigenvalue weighted by Gasteiger charge is 2.01. The lowest BCUT2D eigenvalue weighted by molar-refractivity contribution is 0.534. The molecule has 2 N–H and O–H groups in total. The zero-order chi connectivity index (χ0) is 17.1. The van der Waals surface area contributed by atoms with Crippen LogP contribution in [-0.4, -0.2) is 38.1 Å². The smallest absolute Gasteiger partial charge is 0.191 e. The molecule has 0 aromatic carbocycles. The van der Waals surface area contributed by atoms with Crippen LogP contribution >= 0.6 is 0 Å². The van der Waals surface area contributed by atoms with Crippen LogP contribution in [0.25, 0.3) is 0 Å². The van der Waals surface area contributed by atoms with Crippen LogP contribution in [0.15, 0.2) is 23.2 Å². The Kier molecular flexibility index (Phi) is 9.10. The number of aliphatic imine (C=N–C) groups is 1. The van der Waals surface area contributed by atoms with Crippen molar-refractivity contribution < 1.29 is 0 Å². The summed E-state index contributed by atoms with van der Waals surface area (Å²) in [5.41, 5.74) is 0.980. The van der Waals surface area contributed by atoms with Crippen molar-refractivity contribution in [2.75, 3.05) is 32.1 Å². The van der Waals surface area contributed by atoms with Crippen LogP contribution in [0.2, 0.25) is 0 Å². The van der Waals surface area contributed by atoms with Crippen molar-refractivity contribution in [1.82, 2.24) is 15.6 Å². The molecule has 5 heteroatoms. The van der Waals surface area contributed by atoms with E-state index in [1.165, 1.54) is 19.3 Å². The van der Waals surface area contributed by atoms with Gasteiger partial charge in [0, 0.05) is 27.2 Å². The molecule has 0 saturated carbocycles. The summed E-state index contributed by atoms with van der Waals surface area (Å²) in [6, 6.07) is 6.05. The van der Waals surface area contributed by atoms with Gasteiger partial charge in [-0.25, -0.2) is 9.98 Å². The van der Waals surface area contributed by atoms with Crippen LogP contribution in [0, 0.1) is 5.92 Å². The molecule has 0 spiro atoms. The SMILES string of the molecule is CCNC(=NCc1cccc(N(C)C)n1)NCCCCC(C)C. The number of rotatable bonds is 9. The molecular formula is C18H33N5. The number of hydrogen-bond donors (Lipinski definition) is 2. The van der Waals surface area contributed by atoms with E-state index < -0.39 is 0 Å². The number of anilines is 1. The first-order chi connectivity index (χ1) is 11.0. The molecule has 1 rings (SSSR count). The maximum Gasteiger partial charge on any atom is 0.191 e. The molecule has 0 amide bonds. The third-order valence-corrected chi connectivity index (χ3v) is 3.49. The molecule has 0 radical (unpaired) electrons. The van der Waals surface area contributed by atoms with Gasteiger partial charge in [-0.05, 0) is 31.4 Å². The number of hydrogen-bond acceptors (Lipinski definition) is 3. The summed E-state index contributed by atoms with van der Waals surface area (Å²) >= 11 is 0. The number of pyridine rings is 1. The highest BCUT2D eigenvalue weighted by Crippen LogP contribution is 2.08. The number of nitrogens with one attached hydrogen (secondary N) is 2. The maximum absolute atomic E-state index is 4.63. The van der Waals surface area contributed by atoms with Gasteiger partial charge in [-0.3, -0.25) is 0 Å². The van der Waals surface area contributed by atoms with Gasteiger partial charge in [-0.1, -0.05) is 32.8 Å². The normalized spacial score (nSPS) is 11.7. The molecule has 5 nitrogen and oxygen atoms in total. The highest BCUT2D eigenvalue weighted by atomic mass is 15.2. The summed E-state index contributed by atoms with van der Waals surface area (Å²) in [7, 11) is 4.00. The average Bonchev–Trinajstić information content (AvgIpc) is 2.52. The minimum atomic E-state index is 0.586. The topological polar surface area (TPSA) is 52.6 Å². The quantitative estimate of drug-likeness (QED) is 0.417. The molecule has 1 aromatic rings. The van der Waals surface area contributed by atoms with Gasteiger partial charge < -0.3 is 15.5 Å². The highest BCUT2D eigenvalue weighted by molar-refractivity contribution is 5.79.